The Bertz CT molecular complexity index is 229. The molecule has 2 atom stereocenters. The molecule has 0 saturated heterocycles. The zero-order valence-corrected chi connectivity index (χ0v) is 12.7. The zero-order chi connectivity index (χ0) is 14.0. The molecule has 18 heavy (non-hydrogen) atoms. The van der Waals surface area contributed by atoms with Gasteiger partial charge in [-0.15, -0.1) is 0 Å². The molecule has 0 aliphatic rings. The number of hydrogen-bond acceptors (Lipinski definition) is 5. The van der Waals surface area contributed by atoms with Crippen molar-refractivity contribution in [2.45, 2.75) is 25.4 Å². The Labute approximate surface area is 114 Å². The van der Waals surface area contributed by atoms with Crippen molar-refractivity contribution >= 4 is 17.7 Å². The molecule has 0 fully saturated rings. The second-order valence-electron chi connectivity index (χ2n) is 4.22. The molecule has 0 aromatic rings. The van der Waals surface area contributed by atoms with Gasteiger partial charge in [0.15, 0.2) is 0 Å². The van der Waals surface area contributed by atoms with Gasteiger partial charge in [0.05, 0.1) is 25.3 Å². The predicted octanol–water partition coefficient (Wildman–Crippen LogP) is 0.577. The first-order valence-electron chi connectivity index (χ1n) is 6.11. The van der Waals surface area contributed by atoms with Crippen LogP contribution in [0.4, 0.5) is 0 Å². The number of methoxy groups -OCH3 is 2. The molecule has 0 bridgehead atoms. The van der Waals surface area contributed by atoms with Crippen molar-refractivity contribution < 1.29 is 14.3 Å². The summed E-state index contributed by atoms with van der Waals surface area (Å²) in [4.78, 5) is 14.0. The fraction of sp³-hybridized carbons (Fsp3) is 0.917. The lowest BCUT2D eigenvalue weighted by Gasteiger charge is -2.30. The van der Waals surface area contributed by atoms with Crippen molar-refractivity contribution in [3.63, 3.8) is 0 Å². The Morgan fingerprint density at radius 3 is 2.56 bits per heavy atom. The molecule has 0 rings (SSSR count). The summed E-state index contributed by atoms with van der Waals surface area (Å²) in [6.07, 6.45) is 2.70. The number of hydrogen-bond donors (Lipinski definition) is 1. The number of rotatable bonds is 10. The highest BCUT2D eigenvalue weighted by molar-refractivity contribution is 7.98. The Morgan fingerprint density at radius 1 is 1.39 bits per heavy atom. The van der Waals surface area contributed by atoms with Crippen molar-refractivity contribution in [3.05, 3.63) is 0 Å². The summed E-state index contributed by atoms with van der Waals surface area (Å²) in [6, 6.07) is -0.424. The molecule has 6 heteroatoms. The predicted molar refractivity (Wildman–Crippen MR) is 75.9 cm³/mol. The fourth-order valence-electron chi connectivity index (χ4n) is 1.65. The lowest BCUT2D eigenvalue weighted by atomic mass is 10.1. The van der Waals surface area contributed by atoms with E-state index in [1.54, 1.807) is 30.9 Å². The van der Waals surface area contributed by atoms with Crippen molar-refractivity contribution in [2.24, 2.45) is 5.73 Å². The molecule has 0 heterocycles. The fourth-order valence-corrected chi connectivity index (χ4v) is 2.14. The van der Waals surface area contributed by atoms with Gasteiger partial charge in [0, 0.05) is 20.8 Å². The minimum atomic E-state index is -0.436. The van der Waals surface area contributed by atoms with Crippen LogP contribution in [-0.2, 0) is 14.3 Å². The Hall–Kier alpha value is -0.300. The number of amides is 1. The van der Waals surface area contributed by atoms with Gasteiger partial charge in [0.1, 0.15) is 0 Å². The summed E-state index contributed by atoms with van der Waals surface area (Å²) in [7, 11) is 3.25. The Kier molecular flexibility index (Phi) is 10.4. The quantitative estimate of drug-likeness (QED) is 0.633. The molecule has 1 unspecified atom stereocenters. The van der Waals surface area contributed by atoms with Crippen LogP contribution in [0, 0.1) is 0 Å². The third kappa shape index (κ3) is 6.58. The molecule has 0 spiro atoms. The lowest BCUT2D eigenvalue weighted by molar-refractivity contribution is -0.136. The van der Waals surface area contributed by atoms with E-state index in [-0.39, 0.29) is 11.9 Å². The van der Waals surface area contributed by atoms with Crippen LogP contribution in [-0.4, -0.2) is 68.9 Å². The number of thioether (sulfide) groups is 1. The Morgan fingerprint density at radius 2 is 2.06 bits per heavy atom. The van der Waals surface area contributed by atoms with E-state index in [1.165, 1.54) is 0 Å². The lowest BCUT2D eigenvalue weighted by Crippen LogP contribution is -2.50. The summed E-state index contributed by atoms with van der Waals surface area (Å²) in [6.45, 7) is 3.52. The molecule has 0 radical (unpaired) electrons. The van der Waals surface area contributed by atoms with Crippen LogP contribution in [0.5, 0.6) is 0 Å². The maximum atomic E-state index is 12.3. The normalized spacial score (nSPS) is 14.3. The molecule has 0 aliphatic carbocycles. The summed E-state index contributed by atoms with van der Waals surface area (Å²) >= 11 is 1.70. The van der Waals surface area contributed by atoms with E-state index in [0.717, 1.165) is 5.75 Å². The standard InChI is InChI=1S/C12H26N2O3S/c1-10(9-17-3)14(6-7-16-2)12(15)11(13)5-8-18-4/h10-11H,5-9,13H2,1-4H3/t10?,11-/m0/s1. The molecular formula is C12H26N2O3S. The van der Waals surface area contributed by atoms with Gasteiger partial charge in [-0.25, -0.2) is 0 Å². The highest BCUT2D eigenvalue weighted by atomic mass is 32.2. The first kappa shape index (κ1) is 17.7. The number of nitrogens with zero attached hydrogens (tertiary/aromatic N) is 1. The van der Waals surface area contributed by atoms with Crippen molar-refractivity contribution in [1.29, 1.82) is 0 Å². The molecule has 1 amide bonds. The first-order chi connectivity index (χ1) is 8.58. The van der Waals surface area contributed by atoms with E-state index >= 15 is 0 Å². The summed E-state index contributed by atoms with van der Waals surface area (Å²) in [5.41, 5.74) is 5.92. The zero-order valence-electron chi connectivity index (χ0n) is 11.8. The smallest absolute Gasteiger partial charge is 0.239 e. The third-order valence-electron chi connectivity index (χ3n) is 2.71. The molecule has 0 saturated carbocycles. The summed E-state index contributed by atoms with van der Waals surface area (Å²) in [5, 5.41) is 0. The largest absolute Gasteiger partial charge is 0.383 e. The minimum Gasteiger partial charge on any atom is -0.383 e. The van der Waals surface area contributed by atoms with Crippen LogP contribution in [0.25, 0.3) is 0 Å². The topological polar surface area (TPSA) is 64.8 Å². The van der Waals surface area contributed by atoms with E-state index < -0.39 is 6.04 Å². The molecule has 0 aliphatic heterocycles. The van der Waals surface area contributed by atoms with E-state index in [4.69, 9.17) is 15.2 Å². The summed E-state index contributed by atoms with van der Waals surface area (Å²) < 4.78 is 10.1. The Balaban J connectivity index is 4.46. The van der Waals surface area contributed by atoms with Gasteiger partial charge < -0.3 is 20.1 Å². The first-order valence-corrected chi connectivity index (χ1v) is 7.50. The maximum absolute atomic E-state index is 12.3. The van der Waals surface area contributed by atoms with Crippen LogP contribution in [0.3, 0.4) is 0 Å². The molecule has 2 N–H and O–H groups in total. The van der Waals surface area contributed by atoms with Crippen LogP contribution in [0.1, 0.15) is 13.3 Å². The van der Waals surface area contributed by atoms with E-state index in [0.29, 0.717) is 26.2 Å². The molecular weight excluding hydrogens is 252 g/mol. The van der Waals surface area contributed by atoms with E-state index in [9.17, 15) is 4.79 Å². The SMILES string of the molecule is COCCN(C(=O)[C@@H](N)CCSC)C(C)COC. The van der Waals surface area contributed by atoms with Gasteiger partial charge in [-0.2, -0.15) is 11.8 Å². The molecule has 108 valence electrons. The van der Waals surface area contributed by atoms with Gasteiger partial charge in [0.2, 0.25) is 5.91 Å². The van der Waals surface area contributed by atoms with Gasteiger partial charge in [-0.05, 0) is 25.4 Å². The number of carbonyl (C=O) groups excluding carboxylic acids is 1. The number of nitrogens with two attached hydrogens (primary N) is 1. The summed E-state index contributed by atoms with van der Waals surface area (Å²) in [5.74, 6) is 0.870. The molecule has 0 aromatic heterocycles. The van der Waals surface area contributed by atoms with Crippen molar-refractivity contribution in [3.8, 4) is 0 Å². The second kappa shape index (κ2) is 10.6. The second-order valence-corrected chi connectivity index (χ2v) is 5.20. The third-order valence-corrected chi connectivity index (χ3v) is 3.35. The average Bonchev–Trinajstić information content (AvgIpc) is 2.36. The highest BCUT2D eigenvalue weighted by Gasteiger charge is 2.24. The molecule has 0 aromatic carbocycles. The van der Waals surface area contributed by atoms with Crippen LogP contribution < -0.4 is 5.73 Å². The maximum Gasteiger partial charge on any atom is 0.239 e. The van der Waals surface area contributed by atoms with Gasteiger partial charge in [0.25, 0.3) is 0 Å². The molecule has 5 nitrogen and oxygen atoms in total. The number of ether oxygens (including phenoxy) is 2. The van der Waals surface area contributed by atoms with Crippen molar-refractivity contribution in [1.82, 2.24) is 4.90 Å². The van der Waals surface area contributed by atoms with Gasteiger partial charge >= 0.3 is 0 Å². The van der Waals surface area contributed by atoms with Crippen LogP contribution in [0.2, 0.25) is 0 Å². The minimum absolute atomic E-state index is 0.0120. The van der Waals surface area contributed by atoms with E-state index in [2.05, 4.69) is 0 Å². The van der Waals surface area contributed by atoms with Crippen molar-refractivity contribution in [2.75, 3.05) is 46.0 Å². The van der Waals surface area contributed by atoms with E-state index in [1.807, 2.05) is 13.2 Å². The van der Waals surface area contributed by atoms with Gasteiger partial charge in [-0.3, -0.25) is 4.79 Å². The monoisotopic (exact) mass is 278 g/mol. The van der Waals surface area contributed by atoms with Gasteiger partial charge in [-0.1, -0.05) is 0 Å². The van der Waals surface area contributed by atoms with Crippen LogP contribution >= 0.6 is 11.8 Å². The number of carbonyl (C=O) groups is 1. The van der Waals surface area contributed by atoms with Crippen LogP contribution in [0.15, 0.2) is 0 Å². The highest BCUT2D eigenvalue weighted by Crippen LogP contribution is 2.07. The average molecular weight is 278 g/mol.